The zero-order valence-electron chi connectivity index (χ0n) is 13.0. The van der Waals surface area contributed by atoms with Gasteiger partial charge in [-0.15, -0.1) is 0 Å². The van der Waals surface area contributed by atoms with Crippen LogP contribution in [0.3, 0.4) is 0 Å². The van der Waals surface area contributed by atoms with E-state index >= 15 is 0 Å². The van der Waals surface area contributed by atoms with E-state index in [4.69, 9.17) is 0 Å². The van der Waals surface area contributed by atoms with E-state index in [2.05, 4.69) is 18.2 Å². The van der Waals surface area contributed by atoms with Gasteiger partial charge in [-0.25, -0.2) is 0 Å². The molecule has 0 bridgehead atoms. The predicted molar refractivity (Wildman–Crippen MR) is 88.6 cm³/mol. The van der Waals surface area contributed by atoms with Gasteiger partial charge in [0.2, 0.25) is 5.91 Å². The van der Waals surface area contributed by atoms with Crippen LogP contribution in [0.15, 0.2) is 48.6 Å². The van der Waals surface area contributed by atoms with Crippen molar-refractivity contribution < 1.29 is 14.7 Å². The van der Waals surface area contributed by atoms with E-state index < -0.39 is 17.8 Å². The second-order valence-electron chi connectivity index (χ2n) is 6.12. The van der Waals surface area contributed by atoms with Gasteiger partial charge in [0.25, 0.3) is 0 Å². The molecule has 1 aliphatic heterocycles. The summed E-state index contributed by atoms with van der Waals surface area (Å²) in [6, 6.07) is 10.2. The van der Waals surface area contributed by atoms with Gasteiger partial charge in [0, 0.05) is 13.1 Å². The fraction of sp³-hybridized carbons (Fsp3) is 0.368. The summed E-state index contributed by atoms with van der Waals surface area (Å²) in [6.07, 6.45) is 7.68. The first kappa shape index (κ1) is 15.5. The van der Waals surface area contributed by atoms with Crippen LogP contribution in [0.4, 0.5) is 0 Å². The molecule has 2 atom stereocenters. The van der Waals surface area contributed by atoms with Gasteiger partial charge in [0.15, 0.2) is 0 Å². The number of carboxylic acid groups (broad SMARTS) is 1. The summed E-state index contributed by atoms with van der Waals surface area (Å²) in [6.45, 7) is 1.22. The lowest BCUT2D eigenvalue weighted by Gasteiger charge is -2.33. The minimum absolute atomic E-state index is 0.0230. The minimum Gasteiger partial charge on any atom is -0.481 e. The van der Waals surface area contributed by atoms with Crippen LogP contribution in [-0.4, -0.2) is 35.0 Å². The standard InChI is InChI=1S/C19H21NO3/c21-18(16-8-4-5-9-17(16)19(22)23)20-12-10-15(11-13-20)14-6-2-1-3-7-14/h1-7,10,16-17H,8-9,11-13H2,(H,22,23)/t16-,17+/m1/s1. The second kappa shape index (κ2) is 6.82. The Balaban J connectivity index is 1.69. The van der Waals surface area contributed by atoms with Gasteiger partial charge in [-0.05, 0) is 30.4 Å². The number of benzene rings is 1. The number of carboxylic acids is 1. The summed E-state index contributed by atoms with van der Waals surface area (Å²) in [5.41, 5.74) is 2.46. The molecule has 2 aliphatic rings. The van der Waals surface area contributed by atoms with Crippen molar-refractivity contribution in [3.05, 3.63) is 54.1 Å². The van der Waals surface area contributed by atoms with Crippen LogP contribution in [0.25, 0.3) is 5.57 Å². The average molecular weight is 311 g/mol. The van der Waals surface area contributed by atoms with Crippen molar-refractivity contribution in [2.24, 2.45) is 11.8 Å². The number of aliphatic carboxylic acids is 1. The van der Waals surface area contributed by atoms with E-state index in [1.807, 2.05) is 30.4 Å². The number of carbonyl (C=O) groups excluding carboxylic acids is 1. The molecule has 0 spiro atoms. The van der Waals surface area contributed by atoms with Gasteiger partial charge in [-0.1, -0.05) is 48.6 Å². The number of hydrogen-bond donors (Lipinski definition) is 1. The predicted octanol–water partition coefficient (Wildman–Crippen LogP) is 2.97. The first-order valence-corrected chi connectivity index (χ1v) is 8.08. The van der Waals surface area contributed by atoms with E-state index in [9.17, 15) is 14.7 Å². The van der Waals surface area contributed by atoms with Crippen LogP contribution in [0.1, 0.15) is 24.8 Å². The first-order valence-electron chi connectivity index (χ1n) is 8.08. The zero-order valence-corrected chi connectivity index (χ0v) is 13.0. The van der Waals surface area contributed by atoms with Gasteiger partial charge in [-0.3, -0.25) is 9.59 Å². The highest BCUT2D eigenvalue weighted by Gasteiger charge is 2.36. The topological polar surface area (TPSA) is 57.6 Å². The average Bonchev–Trinajstić information content (AvgIpc) is 2.62. The van der Waals surface area contributed by atoms with Crippen LogP contribution in [0.2, 0.25) is 0 Å². The molecule has 4 nitrogen and oxygen atoms in total. The van der Waals surface area contributed by atoms with Crippen molar-refractivity contribution >= 4 is 17.4 Å². The molecule has 0 saturated heterocycles. The summed E-state index contributed by atoms with van der Waals surface area (Å²) in [5, 5.41) is 9.33. The Kier molecular flexibility index (Phi) is 4.60. The number of rotatable bonds is 3. The summed E-state index contributed by atoms with van der Waals surface area (Å²) in [5.74, 6) is -1.91. The number of amides is 1. The molecule has 4 heteroatoms. The number of allylic oxidation sites excluding steroid dienone is 2. The Morgan fingerprint density at radius 2 is 1.74 bits per heavy atom. The molecule has 1 N–H and O–H groups in total. The maximum Gasteiger partial charge on any atom is 0.307 e. The minimum atomic E-state index is -0.870. The Labute approximate surface area is 136 Å². The Bertz CT molecular complexity index is 648. The van der Waals surface area contributed by atoms with Gasteiger partial charge in [0.05, 0.1) is 11.8 Å². The maximum atomic E-state index is 12.7. The highest BCUT2D eigenvalue weighted by Crippen LogP contribution is 2.29. The largest absolute Gasteiger partial charge is 0.481 e. The highest BCUT2D eigenvalue weighted by molar-refractivity contribution is 5.86. The van der Waals surface area contributed by atoms with Gasteiger partial charge in [-0.2, -0.15) is 0 Å². The van der Waals surface area contributed by atoms with Crippen LogP contribution in [0.5, 0.6) is 0 Å². The van der Waals surface area contributed by atoms with Gasteiger partial charge >= 0.3 is 5.97 Å². The smallest absolute Gasteiger partial charge is 0.307 e. The summed E-state index contributed by atoms with van der Waals surface area (Å²) >= 11 is 0. The third kappa shape index (κ3) is 3.36. The normalized spacial score (nSPS) is 24.2. The fourth-order valence-electron chi connectivity index (χ4n) is 3.38. The molecular formula is C19H21NO3. The number of hydrogen-bond acceptors (Lipinski definition) is 2. The first-order chi connectivity index (χ1) is 11.2. The molecule has 0 saturated carbocycles. The summed E-state index contributed by atoms with van der Waals surface area (Å²) in [7, 11) is 0. The van der Waals surface area contributed by atoms with Gasteiger partial charge in [0.1, 0.15) is 0 Å². The molecule has 1 aromatic rings. The summed E-state index contributed by atoms with van der Waals surface area (Å²) in [4.78, 5) is 25.9. The lowest BCUT2D eigenvalue weighted by atomic mass is 9.82. The third-order valence-electron chi connectivity index (χ3n) is 4.73. The van der Waals surface area contributed by atoms with Crippen LogP contribution in [-0.2, 0) is 9.59 Å². The molecule has 120 valence electrons. The lowest BCUT2D eigenvalue weighted by Crippen LogP contribution is -2.43. The SMILES string of the molecule is O=C(O)[C@H]1CC=CC[C@H]1C(=O)N1CC=C(c2ccccc2)CC1. The Morgan fingerprint density at radius 3 is 2.35 bits per heavy atom. The van der Waals surface area contributed by atoms with Crippen LogP contribution < -0.4 is 0 Å². The fourth-order valence-corrected chi connectivity index (χ4v) is 3.38. The molecule has 23 heavy (non-hydrogen) atoms. The Morgan fingerprint density at radius 1 is 1.04 bits per heavy atom. The number of carbonyl (C=O) groups is 2. The molecule has 1 amide bonds. The number of nitrogens with zero attached hydrogens (tertiary/aromatic N) is 1. The molecule has 0 aromatic heterocycles. The summed E-state index contributed by atoms with van der Waals surface area (Å²) < 4.78 is 0. The quantitative estimate of drug-likeness (QED) is 0.873. The second-order valence-corrected chi connectivity index (χ2v) is 6.12. The van der Waals surface area contributed by atoms with Crippen LogP contribution in [0, 0.1) is 11.8 Å². The molecule has 0 radical (unpaired) electrons. The molecule has 3 rings (SSSR count). The Hall–Kier alpha value is -2.36. The van der Waals surface area contributed by atoms with Crippen molar-refractivity contribution in [1.29, 1.82) is 0 Å². The zero-order chi connectivity index (χ0) is 16.2. The van der Waals surface area contributed by atoms with E-state index in [0.29, 0.717) is 25.9 Å². The molecular weight excluding hydrogens is 290 g/mol. The van der Waals surface area contributed by atoms with Crippen LogP contribution >= 0.6 is 0 Å². The molecule has 1 heterocycles. The van der Waals surface area contributed by atoms with E-state index in [1.165, 1.54) is 11.1 Å². The van der Waals surface area contributed by atoms with Crippen molar-refractivity contribution in [2.45, 2.75) is 19.3 Å². The van der Waals surface area contributed by atoms with Crippen molar-refractivity contribution in [1.82, 2.24) is 4.90 Å². The monoisotopic (exact) mass is 311 g/mol. The lowest BCUT2D eigenvalue weighted by molar-refractivity contribution is -0.150. The third-order valence-corrected chi connectivity index (χ3v) is 4.73. The van der Waals surface area contributed by atoms with Crippen molar-refractivity contribution in [3.63, 3.8) is 0 Å². The molecule has 1 aromatic carbocycles. The highest BCUT2D eigenvalue weighted by atomic mass is 16.4. The van der Waals surface area contributed by atoms with Crippen molar-refractivity contribution in [3.8, 4) is 0 Å². The molecule has 0 unspecified atom stereocenters. The van der Waals surface area contributed by atoms with Gasteiger partial charge < -0.3 is 10.0 Å². The maximum absolute atomic E-state index is 12.7. The van der Waals surface area contributed by atoms with E-state index in [-0.39, 0.29) is 5.91 Å². The van der Waals surface area contributed by atoms with E-state index in [0.717, 1.165) is 6.42 Å². The van der Waals surface area contributed by atoms with E-state index in [1.54, 1.807) is 4.90 Å². The molecule has 0 fully saturated rings. The molecule has 1 aliphatic carbocycles. The van der Waals surface area contributed by atoms with Crippen molar-refractivity contribution in [2.75, 3.05) is 13.1 Å².